The monoisotopic (exact) mass is 366 g/mol. The van der Waals surface area contributed by atoms with Crippen molar-refractivity contribution in [3.63, 3.8) is 0 Å². The Morgan fingerprint density at radius 3 is 2.35 bits per heavy atom. The van der Waals surface area contributed by atoms with Crippen LogP contribution < -0.4 is 5.32 Å². The van der Waals surface area contributed by atoms with Crippen LogP contribution >= 0.6 is 35.0 Å². The molecule has 2 unspecified atom stereocenters. The van der Waals surface area contributed by atoms with E-state index in [1.54, 1.807) is 0 Å². The highest BCUT2D eigenvalue weighted by Gasteiger charge is 2.31. The molecular formula is C17H16Cl2N2OS. The van der Waals surface area contributed by atoms with Gasteiger partial charge < -0.3 is 10.4 Å². The summed E-state index contributed by atoms with van der Waals surface area (Å²) in [6, 6.07) is 15.5. The molecular weight excluding hydrogens is 351 g/mol. The van der Waals surface area contributed by atoms with Crippen LogP contribution in [0.1, 0.15) is 23.2 Å². The van der Waals surface area contributed by atoms with Crippen molar-refractivity contribution >= 4 is 40.1 Å². The number of aliphatic imine (C=N–C) groups is 1. The van der Waals surface area contributed by atoms with Gasteiger partial charge in [-0.2, -0.15) is 0 Å². The first-order valence-electron chi connectivity index (χ1n) is 7.26. The minimum atomic E-state index is -0.0756. The molecule has 3 nitrogen and oxygen atoms in total. The molecule has 0 saturated carbocycles. The summed E-state index contributed by atoms with van der Waals surface area (Å²) < 4.78 is 0. The fourth-order valence-corrected chi connectivity index (χ4v) is 3.68. The van der Waals surface area contributed by atoms with E-state index >= 15 is 0 Å². The Bertz CT molecular complexity index is 723. The van der Waals surface area contributed by atoms with Crippen molar-refractivity contribution in [2.75, 3.05) is 12.4 Å². The smallest absolute Gasteiger partial charge is 0.157 e. The van der Waals surface area contributed by atoms with E-state index in [1.807, 2.05) is 48.5 Å². The van der Waals surface area contributed by atoms with E-state index < -0.39 is 0 Å². The minimum absolute atomic E-state index is 0.00615. The van der Waals surface area contributed by atoms with Crippen LogP contribution in [0.2, 0.25) is 10.0 Å². The van der Waals surface area contributed by atoms with Crippen LogP contribution in [0.3, 0.4) is 0 Å². The average molecular weight is 367 g/mol. The zero-order valence-corrected chi connectivity index (χ0v) is 14.6. The first-order chi connectivity index (χ1) is 11.2. The fraction of sp³-hybridized carbons (Fsp3) is 0.235. The molecule has 2 aromatic carbocycles. The molecule has 1 aliphatic rings. The van der Waals surface area contributed by atoms with Crippen molar-refractivity contribution < 1.29 is 5.11 Å². The number of rotatable bonds is 4. The molecule has 2 N–H and O–H groups in total. The average Bonchev–Trinajstić information content (AvgIpc) is 2.97. The highest BCUT2D eigenvalue weighted by atomic mass is 35.5. The second-order valence-electron chi connectivity index (χ2n) is 5.18. The van der Waals surface area contributed by atoms with Crippen LogP contribution in [-0.4, -0.2) is 22.6 Å². The molecule has 0 bridgehead atoms. The largest absolute Gasteiger partial charge is 0.396 e. The van der Waals surface area contributed by atoms with Crippen molar-refractivity contribution in [2.24, 2.45) is 4.99 Å². The van der Waals surface area contributed by atoms with E-state index in [2.05, 4.69) is 5.32 Å². The zero-order valence-electron chi connectivity index (χ0n) is 12.2. The van der Waals surface area contributed by atoms with Gasteiger partial charge in [-0.25, -0.2) is 0 Å². The van der Waals surface area contributed by atoms with Gasteiger partial charge in [-0.15, -0.1) is 0 Å². The number of hydrogen-bond acceptors (Lipinski definition) is 4. The molecule has 0 aliphatic carbocycles. The van der Waals surface area contributed by atoms with Crippen molar-refractivity contribution in [1.29, 1.82) is 0 Å². The van der Waals surface area contributed by atoms with E-state index in [-0.39, 0.29) is 18.7 Å². The molecule has 3 rings (SSSR count). The summed E-state index contributed by atoms with van der Waals surface area (Å²) in [5, 5.41) is 14.7. The quantitative estimate of drug-likeness (QED) is 0.839. The number of hydrogen-bond donors (Lipinski definition) is 2. The SMILES string of the molecule is OCCSC1=NC(c2cccc(Cl)c2)C(c2cccc(Cl)c2)N1. The number of nitrogens with one attached hydrogen (secondary N) is 1. The second kappa shape index (κ2) is 7.58. The molecule has 2 aromatic rings. The van der Waals surface area contributed by atoms with Gasteiger partial charge in [0.05, 0.1) is 12.6 Å². The van der Waals surface area contributed by atoms with Crippen LogP contribution in [0.15, 0.2) is 53.5 Å². The van der Waals surface area contributed by atoms with Crippen LogP contribution in [0.5, 0.6) is 0 Å². The van der Waals surface area contributed by atoms with Gasteiger partial charge >= 0.3 is 0 Å². The Balaban J connectivity index is 1.94. The molecule has 2 atom stereocenters. The van der Waals surface area contributed by atoms with Gasteiger partial charge in [-0.3, -0.25) is 4.99 Å². The number of halogens is 2. The Hall–Kier alpha value is -1.20. The summed E-state index contributed by atoms with van der Waals surface area (Å²) in [5.74, 6) is 0.608. The van der Waals surface area contributed by atoms with Crippen LogP contribution in [0, 0.1) is 0 Å². The molecule has 6 heteroatoms. The van der Waals surface area contributed by atoms with Gasteiger partial charge in [-0.1, -0.05) is 59.2 Å². The number of thioether (sulfide) groups is 1. The Labute approximate surface area is 149 Å². The van der Waals surface area contributed by atoms with Gasteiger partial charge in [0.2, 0.25) is 0 Å². The highest BCUT2D eigenvalue weighted by molar-refractivity contribution is 8.13. The van der Waals surface area contributed by atoms with Crippen LogP contribution in [-0.2, 0) is 0 Å². The molecule has 1 aliphatic heterocycles. The summed E-state index contributed by atoms with van der Waals surface area (Å²) in [7, 11) is 0. The van der Waals surface area contributed by atoms with Crippen LogP contribution in [0.4, 0.5) is 0 Å². The van der Waals surface area contributed by atoms with E-state index in [1.165, 1.54) is 11.8 Å². The number of aliphatic hydroxyl groups excluding tert-OH is 1. The van der Waals surface area contributed by atoms with Crippen LogP contribution in [0.25, 0.3) is 0 Å². The molecule has 0 spiro atoms. The number of nitrogens with zero attached hydrogens (tertiary/aromatic N) is 1. The second-order valence-corrected chi connectivity index (χ2v) is 7.14. The van der Waals surface area contributed by atoms with Gasteiger partial charge in [0.15, 0.2) is 5.17 Å². The summed E-state index contributed by atoms with van der Waals surface area (Å²) in [5.41, 5.74) is 2.13. The topological polar surface area (TPSA) is 44.6 Å². The molecule has 23 heavy (non-hydrogen) atoms. The molecule has 0 fully saturated rings. The maximum absolute atomic E-state index is 9.03. The molecule has 0 aromatic heterocycles. The van der Waals surface area contributed by atoms with Gasteiger partial charge in [0.25, 0.3) is 0 Å². The first kappa shape index (κ1) is 16.7. The van der Waals surface area contributed by atoms with E-state index in [9.17, 15) is 0 Å². The highest BCUT2D eigenvalue weighted by Crippen LogP contribution is 2.38. The third-order valence-corrected chi connectivity index (χ3v) is 4.93. The van der Waals surface area contributed by atoms with Crippen molar-refractivity contribution in [1.82, 2.24) is 5.32 Å². The summed E-state index contributed by atoms with van der Waals surface area (Å²) >= 11 is 13.8. The normalized spacial score (nSPS) is 20.2. The predicted octanol–water partition coefficient (Wildman–Crippen LogP) is 4.46. The number of aliphatic hydroxyl groups is 1. The molecule has 120 valence electrons. The Morgan fingerprint density at radius 2 is 1.70 bits per heavy atom. The Morgan fingerprint density at radius 1 is 1.04 bits per heavy atom. The zero-order chi connectivity index (χ0) is 16.2. The molecule has 0 amide bonds. The van der Waals surface area contributed by atoms with Crippen molar-refractivity contribution in [3.8, 4) is 0 Å². The maximum atomic E-state index is 9.03. The molecule has 1 heterocycles. The summed E-state index contributed by atoms with van der Waals surface area (Å²) in [4.78, 5) is 4.78. The number of benzene rings is 2. The lowest BCUT2D eigenvalue weighted by molar-refractivity contribution is 0.323. The molecule has 0 saturated heterocycles. The lowest BCUT2D eigenvalue weighted by Gasteiger charge is -2.20. The third-order valence-electron chi connectivity index (χ3n) is 3.58. The fourth-order valence-electron chi connectivity index (χ4n) is 2.59. The van der Waals surface area contributed by atoms with Gasteiger partial charge in [-0.05, 0) is 35.4 Å². The van der Waals surface area contributed by atoms with Gasteiger partial charge in [0, 0.05) is 15.8 Å². The summed E-state index contributed by atoms with van der Waals surface area (Å²) in [6.45, 7) is 0.120. The van der Waals surface area contributed by atoms with Crippen molar-refractivity contribution in [3.05, 3.63) is 69.7 Å². The number of amidine groups is 1. The predicted molar refractivity (Wildman–Crippen MR) is 98.5 cm³/mol. The minimum Gasteiger partial charge on any atom is -0.396 e. The maximum Gasteiger partial charge on any atom is 0.157 e. The third kappa shape index (κ3) is 4.01. The summed E-state index contributed by atoms with van der Waals surface area (Å²) in [6.07, 6.45) is 0. The lowest BCUT2D eigenvalue weighted by atomic mass is 9.95. The Kier molecular flexibility index (Phi) is 5.49. The van der Waals surface area contributed by atoms with Crippen molar-refractivity contribution in [2.45, 2.75) is 12.1 Å². The lowest BCUT2D eigenvalue weighted by Crippen LogP contribution is -2.23. The van der Waals surface area contributed by atoms with E-state index in [4.69, 9.17) is 33.3 Å². The van der Waals surface area contributed by atoms with E-state index in [0.717, 1.165) is 16.3 Å². The molecule has 0 radical (unpaired) electrons. The van der Waals surface area contributed by atoms with E-state index in [0.29, 0.717) is 15.8 Å². The van der Waals surface area contributed by atoms with Gasteiger partial charge in [0.1, 0.15) is 6.04 Å². The first-order valence-corrected chi connectivity index (χ1v) is 9.00. The standard InChI is InChI=1S/C17H16Cl2N2OS/c18-13-5-1-3-11(9-13)15-16(12-4-2-6-14(19)10-12)21-17(20-15)23-8-7-22/h1-6,9-10,15-16,22H,7-8H2,(H,20,21).